The van der Waals surface area contributed by atoms with Crippen LogP contribution >= 0.6 is 0 Å². The number of carboxylic acids is 1. The minimum Gasteiger partial charge on any atom is -0.478 e. The van der Waals surface area contributed by atoms with Crippen molar-refractivity contribution in [3.63, 3.8) is 0 Å². The van der Waals surface area contributed by atoms with Crippen molar-refractivity contribution in [2.75, 3.05) is 25.4 Å². The molecule has 0 spiro atoms. The summed E-state index contributed by atoms with van der Waals surface area (Å²) in [4.78, 5) is 11.5. The number of benzene rings is 1. The van der Waals surface area contributed by atoms with E-state index < -0.39 is 16.0 Å². The van der Waals surface area contributed by atoms with E-state index in [1.165, 1.54) is 62.5 Å². The fraction of sp³-hybridized carbons (Fsp3) is 0.732. The number of hydrogen-bond donors (Lipinski definition) is 2. The van der Waals surface area contributed by atoms with Crippen molar-refractivity contribution in [3.8, 4) is 0 Å². The van der Waals surface area contributed by atoms with Crippen molar-refractivity contribution in [2.45, 2.75) is 111 Å². The first-order valence-electron chi connectivity index (χ1n) is 19.0. The molecule has 1 aliphatic heterocycles. The number of rotatable bonds is 7. The third-order valence-electron chi connectivity index (χ3n) is 16.1. The summed E-state index contributed by atoms with van der Waals surface area (Å²) in [5, 5.41) is 13.5. The molecular weight excluding hydrogens is 617 g/mol. The van der Waals surface area contributed by atoms with E-state index in [2.05, 4.69) is 58.7 Å². The Hall–Kier alpha value is -1.96. The molecule has 3 unspecified atom stereocenters. The van der Waals surface area contributed by atoms with Crippen LogP contribution in [0.4, 0.5) is 0 Å². The normalized spacial score (nSPS) is 43.2. The van der Waals surface area contributed by atoms with Crippen molar-refractivity contribution in [2.24, 2.45) is 51.2 Å². The molecule has 5 fully saturated rings. The molecule has 7 rings (SSSR count). The molecule has 0 bridgehead atoms. The van der Waals surface area contributed by atoms with Gasteiger partial charge in [-0.2, -0.15) is 0 Å². The zero-order valence-electron chi connectivity index (χ0n) is 30.2. The molecular formula is C41H60N2O4S. The summed E-state index contributed by atoms with van der Waals surface area (Å²) in [7, 11) is -3.11. The largest absolute Gasteiger partial charge is 0.478 e. The first-order chi connectivity index (χ1) is 22.6. The molecule has 6 aliphatic rings. The lowest BCUT2D eigenvalue weighted by Gasteiger charge is -2.72. The summed E-state index contributed by atoms with van der Waals surface area (Å²) in [5.74, 6) is 2.36. The predicted octanol–water partition coefficient (Wildman–Crippen LogP) is 8.41. The second-order valence-corrected chi connectivity index (χ2v) is 20.2. The van der Waals surface area contributed by atoms with Crippen LogP contribution in [0, 0.1) is 51.2 Å². The molecule has 5 aliphatic carbocycles. The number of aromatic carboxylic acids is 1. The van der Waals surface area contributed by atoms with Gasteiger partial charge in [0.05, 0.1) is 11.3 Å². The lowest BCUT2D eigenvalue weighted by atomic mass is 9.33. The van der Waals surface area contributed by atoms with E-state index in [9.17, 15) is 18.3 Å². The highest BCUT2D eigenvalue weighted by molar-refractivity contribution is 7.89. The molecule has 1 saturated heterocycles. The Bertz CT molecular complexity index is 1580. The standard InChI is InChI=1S/C41H60N2O4S/c1-7-28-16-21-41(42-24-26-43-25-8-9-27-48(43,46)47)23-22-39(5)32(35(28)41)14-15-34-38(4)19-17-31(29-10-12-30(13-11-29)36(44)45)37(2,3)33(38)18-20-40(34,39)6/h7,10-13,17,28,32-35,42H,1,8-9,14-16,18-27H2,2-6H3,(H,44,45)/t28-,32-,33?,34?,35?,38+,39-,40-,41+/m1/s1. The van der Waals surface area contributed by atoms with Crippen molar-refractivity contribution >= 4 is 21.6 Å². The minimum atomic E-state index is -3.11. The number of nitrogens with one attached hydrogen (secondary N) is 1. The van der Waals surface area contributed by atoms with E-state index in [0.29, 0.717) is 54.0 Å². The van der Waals surface area contributed by atoms with Gasteiger partial charge in [0.15, 0.2) is 0 Å². The van der Waals surface area contributed by atoms with Gasteiger partial charge in [-0.3, -0.25) is 0 Å². The van der Waals surface area contributed by atoms with Gasteiger partial charge in [-0.25, -0.2) is 17.5 Å². The van der Waals surface area contributed by atoms with Crippen molar-refractivity contribution in [3.05, 3.63) is 54.1 Å². The lowest BCUT2D eigenvalue weighted by Crippen LogP contribution is -2.68. The Labute approximate surface area is 290 Å². The number of carbonyl (C=O) groups is 1. The fourth-order valence-electron chi connectivity index (χ4n) is 13.6. The summed E-state index contributed by atoms with van der Waals surface area (Å²) in [6, 6.07) is 7.56. The van der Waals surface area contributed by atoms with Crippen LogP contribution in [0.25, 0.3) is 5.57 Å². The minimum absolute atomic E-state index is 0.00366. The number of nitrogens with zero attached hydrogens (tertiary/aromatic N) is 1. The van der Waals surface area contributed by atoms with E-state index in [0.717, 1.165) is 25.8 Å². The highest BCUT2D eigenvalue weighted by Gasteiger charge is 2.70. The van der Waals surface area contributed by atoms with Crippen molar-refractivity contribution in [1.29, 1.82) is 0 Å². The second-order valence-electron chi connectivity index (χ2n) is 18.1. The van der Waals surface area contributed by atoms with Crippen LogP contribution in [0.15, 0.2) is 43.0 Å². The molecule has 1 heterocycles. The molecule has 4 saturated carbocycles. The Morgan fingerprint density at radius 3 is 2.40 bits per heavy atom. The Kier molecular flexibility index (Phi) is 8.48. The Morgan fingerprint density at radius 2 is 1.71 bits per heavy atom. The molecule has 0 aromatic heterocycles. The molecule has 9 atom stereocenters. The average Bonchev–Trinajstić information content (AvgIpc) is 3.41. The molecule has 264 valence electrons. The van der Waals surface area contributed by atoms with E-state index in [1.807, 2.05) is 12.1 Å². The maximum atomic E-state index is 12.7. The quantitative estimate of drug-likeness (QED) is 0.283. The van der Waals surface area contributed by atoms with Crippen molar-refractivity contribution < 1.29 is 18.3 Å². The highest BCUT2D eigenvalue weighted by atomic mass is 32.2. The first kappa shape index (κ1) is 34.5. The van der Waals surface area contributed by atoms with E-state index in [1.54, 1.807) is 16.4 Å². The maximum absolute atomic E-state index is 12.7. The molecule has 1 aromatic rings. The molecule has 0 radical (unpaired) electrons. The van der Waals surface area contributed by atoms with Gasteiger partial charge in [0.25, 0.3) is 0 Å². The molecule has 7 heteroatoms. The van der Waals surface area contributed by atoms with E-state index in [4.69, 9.17) is 0 Å². The summed E-state index contributed by atoms with van der Waals surface area (Å²) in [6.45, 7) is 19.2. The second kappa shape index (κ2) is 11.8. The third kappa shape index (κ3) is 4.98. The number of fused-ring (bicyclic) bond motifs is 7. The smallest absolute Gasteiger partial charge is 0.335 e. The van der Waals surface area contributed by atoms with Gasteiger partial charge in [0, 0.05) is 25.2 Å². The summed E-state index contributed by atoms with van der Waals surface area (Å²) < 4.78 is 27.2. The van der Waals surface area contributed by atoms with Gasteiger partial charge in [-0.05, 0) is 145 Å². The van der Waals surface area contributed by atoms with Crippen LogP contribution in [-0.4, -0.2) is 54.7 Å². The van der Waals surface area contributed by atoms with Gasteiger partial charge in [-0.1, -0.05) is 58.9 Å². The number of sulfonamides is 1. The number of carboxylic acid groups (broad SMARTS) is 1. The van der Waals surface area contributed by atoms with Crippen molar-refractivity contribution in [1.82, 2.24) is 9.62 Å². The number of hydrogen-bond acceptors (Lipinski definition) is 4. The Morgan fingerprint density at radius 1 is 0.958 bits per heavy atom. The fourth-order valence-corrected chi connectivity index (χ4v) is 15.2. The van der Waals surface area contributed by atoms with Crippen LogP contribution in [0.2, 0.25) is 0 Å². The number of allylic oxidation sites excluding steroid dienone is 3. The monoisotopic (exact) mass is 676 g/mol. The van der Waals surface area contributed by atoms with Gasteiger partial charge >= 0.3 is 5.97 Å². The van der Waals surface area contributed by atoms with Crippen LogP contribution in [0.3, 0.4) is 0 Å². The first-order valence-corrected chi connectivity index (χ1v) is 20.6. The highest BCUT2D eigenvalue weighted by Crippen LogP contribution is 2.76. The molecule has 1 aromatic carbocycles. The van der Waals surface area contributed by atoms with E-state index >= 15 is 0 Å². The summed E-state index contributed by atoms with van der Waals surface area (Å²) >= 11 is 0. The van der Waals surface area contributed by atoms with Gasteiger partial charge in [0.2, 0.25) is 10.0 Å². The lowest BCUT2D eigenvalue weighted by molar-refractivity contribution is -0.219. The topological polar surface area (TPSA) is 86.7 Å². The van der Waals surface area contributed by atoms with Crippen LogP contribution < -0.4 is 5.32 Å². The molecule has 48 heavy (non-hydrogen) atoms. The van der Waals surface area contributed by atoms with Crippen LogP contribution in [-0.2, 0) is 10.0 Å². The van der Waals surface area contributed by atoms with Gasteiger partial charge in [-0.15, -0.1) is 6.58 Å². The van der Waals surface area contributed by atoms with Gasteiger partial charge < -0.3 is 10.4 Å². The predicted molar refractivity (Wildman–Crippen MR) is 194 cm³/mol. The average molecular weight is 677 g/mol. The van der Waals surface area contributed by atoms with Gasteiger partial charge in [0.1, 0.15) is 0 Å². The van der Waals surface area contributed by atoms with E-state index in [-0.39, 0.29) is 27.2 Å². The zero-order chi connectivity index (χ0) is 34.3. The zero-order valence-corrected chi connectivity index (χ0v) is 31.0. The molecule has 0 amide bonds. The maximum Gasteiger partial charge on any atom is 0.335 e. The van der Waals surface area contributed by atoms with Crippen LogP contribution in [0.1, 0.15) is 121 Å². The summed E-state index contributed by atoms with van der Waals surface area (Å²) in [6.07, 6.45) is 17.4. The molecule has 6 nitrogen and oxygen atoms in total. The SMILES string of the molecule is C=C[C@@H]1CC[C@]2(NCCN3CCCCS3(=O)=O)CC[C@]3(C)[C@H](CCC4[C@@]5(C)CC=C(c6ccc(C(=O)O)cc6)C(C)(C)C5CC[C@]43C)C12. The molecule has 2 N–H and O–H groups in total. The van der Waals surface area contributed by atoms with Crippen LogP contribution in [0.5, 0.6) is 0 Å². The Balaban J connectivity index is 1.15. The third-order valence-corrected chi connectivity index (χ3v) is 18.1. The summed E-state index contributed by atoms with van der Waals surface area (Å²) in [5.41, 5.74) is 3.71.